The number of nitrogens with zero attached hydrogens (tertiary/aromatic N) is 6. The lowest BCUT2D eigenvalue weighted by Crippen LogP contribution is -2.38. The van der Waals surface area contributed by atoms with E-state index < -0.39 is 5.60 Å². The van der Waals surface area contributed by atoms with Gasteiger partial charge in [-0.3, -0.25) is 4.40 Å². The van der Waals surface area contributed by atoms with E-state index in [2.05, 4.69) is 20.9 Å². The van der Waals surface area contributed by atoms with Gasteiger partial charge in [-0.05, 0) is 43.9 Å². The highest BCUT2D eigenvalue weighted by Gasteiger charge is 2.41. The number of piperidine rings is 1. The maximum Gasteiger partial charge on any atom is 0.213 e. The summed E-state index contributed by atoms with van der Waals surface area (Å²) in [5.41, 5.74) is 1.92. The highest BCUT2D eigenvalue weighted by molar-refractivity contribution is 5.68. The first-order valence-corrected chi connectivity index (χ1v) is 13.8. The Labute approximate surface area is 231 Å². The molecule has 0 unspecified atom stereocenters. The molecular formula is C30H30N6O4. The van der Waals surface area contributed by atoms with E-state index in [1.54, 1.807) is 22.9 Å². The van der Waals surface area contributed by atoms with Crippen LogP contribution < -0.4 is 19.1 Å². The molecule has 10 heteroatoms. The summed E-state index contributed by atoms with van der Waals surface area (Å²) < 4.78 is 19.6. The van der Waals surface area contributed by atoms with Gasteiger partial charge in [0.05, 0.1) is 23.7 Å². The van der Waals surface area contributed by atoms with E-state index in [1.165, 1.54) is 0 Å². The van der Waals surface area contributed by atoms with E-state index >= 15 is 0 Å². The van der Waals surface area contributed by atoms with Gasteiger partial charge in [-0.25, -0.2) is 15.0 Å². The topological polar surface area (TPSA) is 118 Å². The number of fused-ring (bicyclic) bond motifs is 1. The molecule has 0 spiro atoms. The smallest absolute Gasteiger partial charge is 0.213 e. The van der Waals surface area contributed by atoms with Crippen molar-refractivity contribution in [1.82, 2.24) is 19.4 Å². The van der Waals surface area contributed by atoms with Crippen LogP contribution in [0.2, 0.25) is 0 Å². The fourth-order valence-corrected chi connectivity index (χ4v) is 4.95. The molecule has 1 aliphatic heterocycles. The molecule has 0 atom stereocenters. The quantitative estimate of drug-likeness (QED) is 0.335. The Morgan fingerprint density at radius 3 is 2.40 bits per heavy atom. The molecule has 2 saturated carbocycles. The predicted octanol–water partition coefficient (Wildman–Crippen LogP) is 4.16. The lowest BCUT2D eigenvalue weighted by Gasteiger charge is -2.33. The van der Waals surface area contributed by atoms with Gasteiger partial charge >= 0.3 is 0 Å². The molecule has 7 rings (SSSR count). The summed E-state index contributed by atoms with van der Waals surface area (Å²) in [6.45, 7) is 1.91. The maximum absolute atomic E-state index is 10.2. The first-order valence-electron chi connectivity index (χ1n) is 13.8. The van der Waals surface area contributed by atoms with Crippen LogP contribution in [-0.4, -0.2) is 62.0 Å². The number of aromatic nitrogens is 4. The van der Waals surface area contributed by atoms with Crippen LogP contribution in [0.25, 0.3) is 16.9 Å². The molecule has 0 bridgehead atoms. The summed E-state index contributed by atoms with van der Waals surface area (Å²) in [6.07, 6.45) is 11.1. The zero-order valence-electron chi connectivity index (χ0n) is 22.1. The molecule has 5 heterocycles. The van der Waals surface area contributed by atoms with E-state index in [0.29, 0.717) is 29.1 Å². The Bertz CT molecular complexity index is 1550. The summed E-state index contributed by atoms with van der Waals surface area (Å²) in [7, 11) is 0. The molecule has 40 heavy (non-hydrogen) atoms. The summed E-state index contributed by atoms with van der Waals surface area (Å²) in [5, 5.41) is 19.8. The van der Waals surface area contributed by atoms with Crippen molar-refractivity contribution in [2.75, 3.05) is 24.6 Å². The van der Waals surface area contributed by atoms with Gasteiger partial charge in [0, 0.05) is 55.9 Å². The summed E-state index contributed by atoms with van der Waals surface area (Å²) in [6, 6.07) is 13.7. The second kappa shape index (κ2) is 9.99. The van der Waals surface area contributed by atoms with Crippen LogP contribution in [0.1, 0.15) is 44.2 Å². The van der Waals surface area contributed by atoms with Gasteiger partial charge in [0.25, 0.3) is 0 Å². The third-order valence-corrected chi connectivity index (χ3v) is 7.66. The van der Waals surface area contributed by atoms with Crippen molar-refractivity contribution in [2.45, 2.75) is 56.3 Å². The minimum absolute atomic E-state index is 0.128. The van der Waals surface area contributed by atoms with Crippen LogP contribution in [0.4, 0.5) is 5.82 Å². The molecule has 2 aliphatic carbocycles. The molecular weight excluding hydrogens is 508 g/mol. The largest absolute Gasteiger partial charge is 0.490 e. The molecule has 0 aromatic carbocycles. The van der Waals surface area contributed by atoms with Gasteiger partial charge in [0.1, 0.15) is 53.5 Å². The van der Waals surface area contributed by atoms with Crippen molar-refractivity contribution >= 4 is 11.5 Å². The predicted molar refractivity (Wildman–Crippen MR) is 147 cm³/mol. The Morgan fingerprint density at radius 2 is 1.73 bits per heavy atom. The Morgan fingerprint density at radius 1 is 0.900 bits per heavy atom. The van der Waals surface area contributed by atoms with Crippen molar-refractivity contribution in [1.29, 1.82) is 5.26 Å². The van der Waals surface area contributed by atoms with Crippen molar-refractivity contribution < 1.29 is 19.3 Å². The normalized spacial score (nSPS) is 18.4. The fraction of sp³-hybridized carbons (Fsp3) is 0.400. The number of nitriles is 1. The minimum atomic E-state index is -0.729. The molecule has 10 nitrogen and oxygen atoms in total. The van der Waals surface area contributed by atoms with E-state index in [1.807, 2.05) is 36.5 Å². The number of ether oxygens (including phenoxy) is 3. The zero-order chi connectivity index (χ0) is 27.1. The van der Waals surface area contributed by atoms with E-state index in [-0.39, 0.29) is 12.7 Å². The van der Waals surface area contributed by atoms with Crippen LogP contribution in [0.3, 0.4) is 0 Å². The van der Waals surface area contributed by atoms with Gasteiger partial charge in [-0.2, -0.15) is 5.26 Å². The van der Waals surface area contributed by atoms with Crippen LogP contribution in [0, 0.1) is 11.3 Å². The van der Waals surface area contributed by atoms with E-state index in [9.17, 15) is 10.4 Å². The number of anilines is 1. The molecule has 3 aliphatic rings. The standard InChI is InChI=1S/C30H30N6O4/c31-15-21-17-33-28-14-25(38-19-30(37)9-10-30)13-26(36(21)28)20-1-5-27(32-16-20)35-11-7-23(8-12-35)39-24-4-6-29(34-18-24)40-22-2-3-22/h1,4-6,13-14,16-18,22-23,37H,2-3,7-12,19H2. The number of rotatable bonds is 9. The zero-order valence-corrected chi connectivity index (χ0v) is 22.1. The first-order chi connectivity index (χ1) is 19.5. The minimum Gasteiger partial charge on any atom is -0.490 e. The molecule has 4 aromatic rings. The molecule has 0 radical (unpaired) electrons. The average molecular weight is 539 g/mol. The van der Waals surface area contributed by atoms with E-state index in [4.69, 9.17) is 19.2 Å². The number of aliphatic hydroxyl groups is 1. The Hall–Kier alpha value is -4.36. The molecule has 1 saturated heterocycles. The Balaban J connectivity index is 1.02. The maximum atomic E-state index is 10.2. The molecule has 1 N–H and O–H groups in total. The van der Waals surface area contributed by atoms with Crippen LogP contribution >= 0.6 is 0 Å². The van der Waals surface area contributed by atoms with Gasteiger partial charge < -0.3 is 24.2 Å². The fourth-order valence-electron chi connectivity index (χ4n) is 4.95. The van der Waals surface area contributed by atoms with Gasteiger partial charge in [0.2, 0.25) is 5.88 Å². The van der Waals surface area contributed by atoms with Crippen molar-refractivity contribution in [2.24, 2.45) is 0 Å². The van der Waals surface area contributed by atoms with Gasteiger partial charge in [-0.15, -0.1) is 0 Å². The second-order valence-corrected chi connectivity index (χ2v) is 10.9. The van der Waals surface area contributed by atoms with E-state index in [0.717, 1.165) is 74.4 Å². The number of hydrogen-bond acceptors (Lipinski definition) is 9. The lowest BCUT2D eigenvalue weighted by atomic mass is 10.1. The number of pyridine rings is 3. The number of hydrogen-bond donors (Lipinski definition) is 1. The van der Waals surface area contributed by atoms with Crippen molar-refractivity contribution in [3.05, 3.63) is 60.7 Å². The first kappa shape index (κ1) is 24.7. The molecule has 204 valence electrons. The lowest BCUT2D eigenvalue weighted by molar-refractivity contribution is 0.0857. The molecule has 3 fully saturated rings. The molecule has 4 aromatic heterocycles. The van der Waals surface area contributed by atoms with Gasteiger partial charge in [0.15, 0.2) is 0 Å². The Kier molecular flexibility index (Phi) is 6.16. The number of imidazole rings is 1. The highest BCUT2D eigenvalue weighted by Crippen LogP contribution is 2.36. The van der Waals surface area contributed by atoms with Crippen LogP contribution in [-0.2, 0) is 0 Å². The van der Waals surface area contributed by atoms with Crippen LogP contribution in [0.15, 0.2) is 55.0 Å². The summed E-state index contributed by atoms with van der Waals surface area (Å²) in [5.74, 6) is 2.93. The van der Waals surface area contributed by atoms with Crippen molar-refractivity contribution in [3.63, 3.8) is 0 Å². The third-order valence-electron chi connectivity index (χ3n) is 7.66. The molecule has 0 amide bonds. The summed E-state index contributed by atoms with van der Waals surface area (Å²) in [4.78, 5) is 15.8. The second-order valence-electron chi connectivity index (χ2n) is 10.9. The average Bonchev–Trinajstić information content (AvgIpc) is 3.91. The monoisotopic (exact) mass is 538 g/mol. The van der Waals surface area contributed by atoms with Crippen LogP contribution in [0.5, 0.6) is 17.4 Å². The van der Waals surface area contributed by atoms with Crippen molar-refractivity contribution in [3.8, 4) is 34.7 Å². The highest BCUT2D eigenvalue weighted by atomic mass is 16.5. The SMILES string of the molecule is N#Cc1cnc2cc(OCC3(O)CC3)cc(-c3ccc(N4CCC(Oc5ccc(OC6CC6)nc5)CC4)nc3)n12. The van der Waals surface area contributed by atoms with Gasteiger partial charge in [-0.1, -0.05) is 0 Å². The third kappa shape index (κ3) is 5.25. The summed E-state index contributed by atoms with van der Waals surface area (Å²) >= 11 is 0.